The molecule has 0 saturated heterocycles. The van der Waals surface area contributed by atoms with E-state index in [0.717, 1.165) is 5.56 Å². The first-order chi connectivity index (χ1) is 8.97. The number of hydrogen-bond acceptors (Lipinski definition) is 4. The Balaban J connectivity index is 3.11. The smallest absolute Gasteiger partial charge is 0.313 e. The molecule has 1 unspecified atom stereocenters. The fourth-order valence-electron chi connectivity index (χ4n) is 2.21. The van der Waals surface area contributed by atoms with E-state index in [1.54, 1.807) is 6.92 Å². The molecule has 0 radical (unpaired) electrons. The molecule has 4 heteroatoms. The van der Waals surface area contributed by atoms with Crippen molar-refractivity contribution in [3.8, 4) is 0 Å². The molecule has 1 aromatic rings. The minimum Gasteiger partial charge on any atom is -0.466 e. The van der Waals surface area contributed by atoms with Crippen LogP contribution in [-0.4, -0.2) is 19.1 Å². The zero-order chi connectivity index (χ0) is 14.5. The van der Waals surface area contributed by atoms with Crippen molar-refractivity contribution in [1.29, 1.82) is 0 Å². The summed E-state index contributed by atoms with van der Waals surface area (Å²) >= 11 is 0. The quantitative estimate of drug-likeness (QED) is 0.608. The van der Waals surface area contributed by atoms with Gasteiger partial charge in [-0.25, -0.2) is 0 Å². The van der Waals surface area contributed by atoms with Crippen LogP contribution in [0.25, 0.3) is 0 Å². The van der Waals surface area contributed by atoms with Crippen LogP contribution in [0, 0.1) is 11.3 Å². The number of esters is 1. The number of nitrogens with two attached hydrogens (primary N) is 2. The fraction of sp³-hybridized carbons (Fsp3) is 0.533. The fourth-order valence-corrected chi connectivity index (χ4v) is 2.21. The Hall–Kier alpha value is -1.55. The molecule has 0 amide bonds. The average molecular weight is 264 g/mol. The number of anilines is 1. The maximum Gasteiger partial charge on any atom is 0.313 e. The van der Waals surface area contributed by atoms with Crippen molar-refractivity contribution >= 4 is 11.7 Å². The van der Waals surface area contributed by atoms with E-state index in [1.807, 2.05) is 38.1 Å². The molecule has 106 valence electrons. The molecule has 0 aliphatic carbocycles. The molecule has 1 rings (SSSR count). The topological polar surface area (TPSA) is 78.3 Å². The van der Waals surface area contributed by atoms with E-state index >= 15 is 0 Å². The molecule has 0 fully saturated rings. The van der Waals surface area contributed by atoms with E-state index in [2.05, 4.69) is 0 Å². The second-order valence-corrected chi connectivity index (χ2v) is 5.11. The van der Waals surface area contributed by atoms with E-state index in [0.29, 0.717) is 18.7 Å². The Morgan fingerprint density at radius 2 is 2.00 bits per heavy atom. The molecule has 1 aromatic carbocycles. The average Bonchev–Trinajstić information content (AvgIpc) is 2.38. The predicted octanol–water partition coefficient (Wildman–Crippen LogP) is 1.98. The first kappa shape index (κ1) is 15.5. The molecule has 0 spiro atoms. The minimum absolute atomic E-state index is 0.0798. The van der Waals surface area contributed by atoms with E-state index in [4.69, 9.17) is 16.2 Å². The number of rotatable bonds is 6. The molecule has 0 saturated carbocycles. The van der Waals surface area contributed by atoms with Crippen molar-refractivity contribution in [2.45, 2.75) is 27.2 Å². The summed E-state index contributed by atoms with van der Waals surface area (Å²) in [5, 5.41) is 0. The lowest BCUT2D eigenvalue weighted by molar-refractivity contribution is -0.157. The third-order valence-corrected chi connectivity index (χ3v) is 3.71. The summed E-state index contributed by atoms with van der Waals surface area (Å²) in [7, 11) is 0. The highest BCUT2D eigenvalue weighted by Crippen LogP contribution is 2.34. The van der Waals surface area contributed by atoms with Crippen molar-refractivity contribution in [3.05, 3.63) is 29.8 Å². The van der Waals surface area contributed by atoms with Gasteiger partial charge in [0.25, 0.3) is 0 Å². The van der Waals surface area contributed by atoms with Crippen LogP contribution in [0.4, 0.5) is 5.69 Å². The van der Waals surface area contributed by atoms with Crippen LogP contribution >= 0.6 is 0 Å². The van der Waals surface area contributed by atoms with E-state index in [9.17, 15) is 4.79 Å². The number of hydrogen-bond donors (Lipinski definition) is 2. The van der Waals surface area contributed by atoms with Gasteiger partial charge in [-0.2, -0.15) is 0 Å². The lowest BCUT2D eigenvalue weighted by Gasteiger charge is -2.34. The SMILES string of the molecule is CCOC(=O)C(CN)(Cc1ccccc1N)C(C)C. The van der Waals surface area contributed by atoms with E-state index < -0.39 is 5.41 Å². The zero-order valence-electron chi connectivity index (χ0n) is 12.0. The Morgan fingerprint density at radius 3 is 2.47 bits per heavy atom. The summed E-state index contributed by atoms with van der Waals surface area (Å²) in [4.78, 5) is 12.3. The van der Waals surface area contributed by atoms with Gasteiger partial charge in [0.1, 0.15) is 0 Å². The third-order valence-electron chi connectivity index (χ3n) is 3.71. The van der Waals surface area contributed by atoms with Gasteiger partial charge in [-0.3, -0.25) is 4.79 Å². The Bertz CT molecular complexity index is 432. The Kier molecular flexibility index (Phi) is 5.36. The van der Waals surface area contributed by atoms with E-state index in [-0.39, 0.29) is 18.4 Å². The number of carbonyl (C=O) groups is 1. The van der Waals surface area contributed by atoms with Gasteiger partial charge in [-0.1, -0.05) is 32.0 Å². The van der Waals surface area contributed by atoms with Gasteiger partial charge in [-0.15, -0.1) is 0 Å². The predicted molar refractivity (Wildman–Crippen MR) is 77.5 cm³/mol. The van der Waals surface area contributed by atoms with Crippen molar-refractivity contribution < 1.29 is 9.53 Å². The molecule has 4 N–H and O–H groups in total. The van der Waals surface area contributed by atoms with Crippen LogP contribution in [0.3, 0.4) is 0 Å². The first-order valence-electron chi connectivity index (χ1n) is 6.68. The molecule has 0 bridgehead atoms. The van der Waals surface area contributed by atoms with Gasteiger partial charge in [0.2, 0.25) is 0 Å². The highest BCUT2D eigenvalue weighted by atomic mass is 16.5. The van der Waals surface area contributed by atoms with Gasteiger partial charge >= 0.3 is 5.97 Å². The maximum atomic E-state index is 12.3. The molecular formula is C15H24N2O2. The largest absolute Gasteiger partial charge is 0.466 e. The van der Waals surface area contributed by atoms with Gasteiger partial charge in [0.05, 0.1) is 12.0 Å². The van der Waals surface area contributed by atoms with Crippen LogP contribution in [0.2, 0.25) is 0 Å². The van der Waals surface area contributed by atoms with Gasteiger partial charge in [0.15, 0.2) is 0 Å². The third kappa shape index (κ3) is 3.26. The minimum atomic E-state index is -0.717. The van der Waals surface area contributed by atoms with Crippen molar-refractivity contribution in [2.24, 2.45) is 17.1 Å². The molecule has 4 nitrogen and oxygen atoms in total. The Morgan fingerprint density at radius 1 is 1.37 bits per heavy atom. The molecule has 1 atom stereocenters. The molecular weight excluding hydrogens is 240 g/mol. The zero-order valence-corrected chi connectivity index (χ0v) is 12.0. The van der Waals surface area contributed by atoms with Crippen molar-refractivity contribution in [2.75, 3.05) is 18.9 Å². The molecule has 0 aliphatic rings. The highest BCUT2D eigenvalue weighted by Gasteiger charge is 2.42. The number of nitrogen functional groups attached to an aromatic ring is 1. The van der Waals surface area contributed by atoms with Crippen LogP contribution < -0.4 is 11.5 Å². The molecule has 0 aliphatic heterocycles. The highest BCUT2D eigenvalue weighted by molar-refractivity contribution is 5.78. The summed E-state index contributed by atoms with van der Waals surface area (Å²) in [6.07, 6.45) is 0.507. The Labute approximate surface area is 115 Å². The number of ether oxygens (including phenoxy) is 1. The van der Waals surface area contributed by atoms with Crippen LogP contribution in [0.1, 0.15) is 26.3 Å². The summed E-state index contributed by atoms with van der Waals surface area (Å²) in [5.41, 5.74) is 12.8. The lowest BCUT2D eigenvalue weighted by Crippen LogP contribution is -2.46. The van der Waals surface area contributed by atoms with Crippen LogP contribution in [0.15, 0.2) is 24.3 Å². The van der Waals surface area contributed by atoms with Gasteiger partial charge in [-0.05, 0) is 30.9 Å². The summed E-state index contributed by atoms with van der Waals surface area (Å²) in [6, 6.07) is 7.56. The van der Waals surface area contributed by atoms with Crippen molar-refractivity contribution in [3.63, 3.8) is 0 Å². The number of benzene rings is 1. The summed E-state index contributed by atoms with van der Waals surface area (Å²) < 4.78 is 5.21. The summed E-state index contributed by atoms with van der Waals surface area (Å²) in [6.45, 7) is 6.39. The monoisotopic (exact) mass is 264 g/mol. The summed E-state index contributed by atoms with van der Waals surface area (Å²) in [5.74, 6) is -0.160. The number of para-hydroxylation sites is 1. The lowest BCUT2D eigenvalue weighted by atomic mass is 9.72. The van der Waals surface area contributed by atoms with Gasteiger partial charge in [0, 0.05) is 12.2 Å². The van der Waals surface area contributed by atoms with Crippen molar-refractivity contribution in [1.82, 2.24) is 0 Å². The number of carbonyl (C=O) groups excluding carboxylic acids is 1. The molecule has 19 heavy (non-hydrogen) atoms. The van der Waals surface area contributed by atoms with E-state index in [1.165, 1.54) is 0 Å². The maximum absolute atomic E-state index is 12.3. The van der Waals surface area contributed by atoms with Crippen LogP contribution in [-0.2, 0) is 16.0 Å². The van der Waals surface area contributed by atoms with Gasteiger partial charge < -0.3 is 16.2 Å². The molecule has 0 heterocycles. The molecule has 0 aromatic heterocycles. The standard InChI is InChI=1S/C15H24N2O2/c1-4-19-14(18)15(10-16,11(2)3)9-12-7-5-6-8-13(12)17/h5-8,11H,4,9-10,16-17H2,1-3H3. The second kappa shape index (κ2) is 6.57. The first-order valence-corrected chi connectivity index (χ1v) is 6.68. The second-order valence-electron chi connectivity index (χ2n) is 5.11. The normalized spacial score (nSPS) is 14.2. The van der Waals surface area contributed by atoms with Crippen LogP contribution in [0.5, 0.6) is 0 Å².